The molecule has 2 saturated heterocycles. The second-order valence-electron chi connectivity index (χ2n) is 7.58. The third-order valence-corrected chi connectivity index (χ3v) is 6.97. The maximum Gasteiger partial charge on any atom is 0.211 e. The summed E-state index contributed by atoms with van der Waals surface area (Å²) < 4.78 is 25.9. The Labute approximate surface area is 163 Å². The molecule has 5 nitrogen and oxygen atoms in total. The predicted octanol–water partition coefficient (Wildman–Crippen LogP) is 2.02. The molecule has 2 aliphatic rings. The average molecular weight is 391 g/mol. The van der Waals surface area contributed by atoms with Gasteiger partial charge in [0.1, 0.15) is 0 Å². The SMILES string of the molecule is CCCC#Cc1ccc([C@H]2[C@H]3CN(S(C)(=O)=O)CCCCN3[C@H]2CO)cc1. The standard InChI is InChI=1S/C21H30N2O3S/c1-3-4-5-8-17-9-11-18(12-10-17)21-19-15-22(27(2,25)26)13-6-7-14-23(19)20(21)16-24/h9-12,19-21,24H,3-4,6-7,13-16H2,1-2H3/t19-,20+,21+/m1/s1. The van der Waals surface area contributed by atoms with Crippen molar-refractivity contribution in [2.45, 2.75) is 50.6 Å². The minimum atomic E-state index is -3.21. The van der Waals surface area contributed by atoms with Gasteiger partial charge in [-0.1, -0.05) is 30.9 Å². The highest BCUT2D eigenvalue weighted by molar-refractivity contribution is 7.88. The second kappa shape index (κ2) is 8.74. The summed E-state index contributed by atoms with van der Waals surface area (Å²) in [6, 6.07) is 8.42. The fourth-order valence-corrected chi connectivity index (χ4v) is 5.17. The molecule has 0 aliphatic carbocycles. The molecule has 6 heteroatoms. The predicted molar refractivity (Wildman–Crippen MR) is 108 cm³/mol. The van der Waals surface area contributed by atoms with Crippen molar-refractivity contribution in [2.75, 3.05) is 32.5 Å². The van der Waals surface area contributed by atoms with E-state index in [1.54, 1.807) is 4.31 Å². The Kier molecular flexibility index (Phi) is 6.59. The number of hydrogen-bond donors (Lipinski definition) is 1. The molecule has 0 saturated carbocycles. The van der Waals surface area contributed by atoms with Gasteiger partial charge in [-0.05, 0) is 43.5 Å². The Hall–Kier alpha value is -1.39. The Bertz CT molecular complexity index is 795. The van der Waals surface area contributed by atoms with E-state index < -0.39 is 10.0 Å². The van der Waals surface area contributed by atoms with Gasteiger partial charge in [0.2, 0.25) is 10.0 Å². The lowest BCUT2D eigenvalue weighted by atomic mass is 9.74. The van der Waals surface area contributed by atoms with Crippen LogP contribution in [0.15, 0.2) is 24.3 Å². The molecular weight excluding hydrogens is 360 g/mol. The van der Waals surface area contributed by atoms with E-state index in [-0.39, 0.29) is 24.6 Å². The lowest BCUT2D eigenvalue weighted by Gasteiger charge is -2.57. The van der Waals surface area contributed by atoms with Crippen LogP contribution in [0.1, 0.15) is 49.7 Å². The van der Waals surface area contributed by atoms with Crippen LogP contribution >= 0.6 is 0 Å². The lowest BCUT2D eigenvalue weighted by Crippen LogP contribution is -2.67. The third-order valence-electron chi connectivity index (χ3n) is 5.70. The van der Waals surface area contributed by atoms with Gasteiger partial charge in [-0.25, -0.2) is 12.7 Å². The molecule has 0 bridgehead atoms. The van der Waals surface area contributed by atoms with Crippen molar-refractivity contribution in [3.63, 3.8) is 0 Å². The van der Waals surface area contributed by atoms with Crippen molar-refractivity contribution < 1.29 is 13.5 Å². The largest absolute Gasteiger partial charge is 0.395 e. The van der Waals surface area contributed by atoms with Crippen molar-refractivity contribution in [3.05, 3.63) is 35.4 Å². The maximum atomic E-state index is 12.1. The van der Waals surface area contributed by atoms with E-state index in [0.717, 1.165) is 43.4 Å². The van der Waals surface area contributed by atoms with Gasteiger partial charge >= 0.3 is 0 Å². The molecule has 0 unspecified atom stereocenters. The van der Waals surface area contributed by atoms with Gasteiger partial charge in [-0.15, -0.1) is 0 Å². The number of rotatable bonds is 4. The average Bonchev–Trinajstić information content (AvgIpc) is 2.61. The number of benzene rings is 1. The molecule has 2 aliphatic heterocycles. The zero-order valence-electron chi connectivity index (χ0n) is 16.3. The maximum absolute atomic E-state index is 12.1. The van der Waals surface area contributed by atoms with E-state index in [1.165, 1.54) is 6.26 Å². The van der Waals surface area contributed by atoms with Crippen LogP contribution in [-0.4, -0.2) is 67.3 Å². The molecule has 0 spiro atoms. The van der Waals surface area contributed by atoms with E-state index in [0.29, 0.717) is 13.1 Å². The first-order valence-corrected chi connectivity index (χ1v) is 11.7. The fraction of sp³-hybridized carbons (Fsp3) is 0.619. The van der Waals surface area contributed by atoms with E-state index in [2.05, 4.69) is 35.8 Å². The summed E-state index contributed by atoms with van der Waals surface area (Å²) >= 11 is 0. The molecule has 0 radical (unpaired) electrons. The number of aliphatic hydroxyl groups is 1. The fourth-order valence-electron chi connectivity index (χ4n) is 4.29. The van der Waals surface area contributed by atoms with Gasteiger partial charge in [0.25, 0.3) is 0 Å². The topological polar surface area (TPSA) is 60.9 Å². The quantitative estimate of drug-likeness (QED) is 0.799. The van der Waals surface area contributed by atoms with Gasteiger partial charge < -0.3 is 5.11 Å². The van der Waals surface area contributed by atoms with Gasteiger partial charge in [0.15, 0.2) is 0 Å². The number of hydrogen-bond acceptors (Lipinski definition) is 4. The molecule has 2 heterocycles. The minimum Gasteiger partial charge on any atom is -0.395 e. The van der Waals surface area contributed by atoms with Gasteiger partial charge in [0.05, 0.1) is 12.9 Å². The molecule has 0 aromatic heterocycles. The van der Waals surface area contributed by atoms with E-state index in [1.807, 2.05) is 12.1 Å². The number of nitrogens with zero attached hydrogens (tertiary/aromatic N) is 2. The van der Waals surface area contributed by atoms with Crippen LogP contribution < -0.4 is 0 Å². The molecule has 3 rings (SSSR count). The van der Waals surface area contributed by atoms with Gasteiger partial charge in [-0.3, -0.25) is 4.90 Å². The van der Waals surface area contributed by atoms with Crippen molar-refractivity contribution in [2.24, 2.45) is 0 Å². The van der Waals surface area contributed by atoms with Crippen LogP contribution in [0, 0.1) is 11.8 Å². The van der Waals surface area contributed by atoms with E-state index in [9.17, 15) is 13.5 Å². The van der Waals surface area contributed by atoms with E-state index in [4.69, 9.17) is 0 Å². The Morgan fingerprint density at radius 2 is 1.89 bits per heavy atom. The minimum absolute atomic E-state index is 0.0616. The second-order valence-corrected chi connectivity index (χ2v) is 9.57. The molecule has 148 valence electrons. The number of aliphatic hydroxyl groups excluding tert-OH is 1. The van der Waals surface area contributed by atoms with Crippen LogP contribution in [0.4, 0.5) is 0 Å². The summed E-state index contributed by atoms with van der Waals surface area (Å²) in [5.74, 6) is 6.48. The molecule has 1 N–H and O–H groups in total. The summed E-state index contributed by atoms with van der Waals surface area (Å²) in [6.45, 7) is 4.22. The zero-order valence-corrected chi connectivity index (χ0v) is 17.1. The molecule has 0 amide bonds. The monoisotopic (exact) mass is 390 g/mol. The summed E-state index contributed by atoms with van der Waals surface area (Å²) in [4.78, 5) is 2.29. The third kappa shape index (κ3) is 4.55. The molecule has 27 heavy (non-hydrogen) atoms. The van der Waals surface area contributed by atoms with Crippen molar-refractivity contribution in [1.82, 2.24) is 9.21 Å². The van der Waals surface area contributed by atoms with Gasteiger partial charge in [-0.2, -0.15) is 0 Å². The van der Waals surface area contributed by atoms with Crippen molar-refractivity contribution in [1.29, 1.82) is 0 Å². The first kappa shape index (κ1) is 20.3. The number of sulfonamides is 1. The molecule has 2 fully saturated rings. The van der Waals surface area contributed by atoms with Gasteiger partial charge in [0, 0.05) is 43.1 Å². The van der Waals surface area contributed by atoms with Crippen molar-refractivity contribution in [3.8, 4) is 11.8 Å². The van der Waals surface area contributed by atoms with Crippen LogP contribution in [0.3, 0.4) is 0 Å². The van der Waals surface area contributed by atoms with Crippen molar-refractivity contribution >= 4 is 10.0 Å². The highest BCUT2D eigenvalue weighted by Crippen LogP contribution is 2.42. The Morgan fingerprint density at radius 1 is 1.19 bits per heavy atom. The summed E-state index contributed by atoms with van der Waals surface area (Å²) in [5.41, 5.74) is 2.16. The molecular formula is C21H30N2O3S. The highest BCUT2D eigenvalue weighted by Gasteiger charge is 2.49. The first-order valence-electron chi connectivity index (χ1n) is 9.86. The first-order chi connectivity index (χ1) is 13.0. The van der Waals surface area contributed by atoms with Crippen LogP contribution in [-0.2, 0) is 10.0 Å². The summed E-state index contributed by atoms with van der Waals surface area (Å²) in [6.07, 6.45) is 5.07. The molecule has 1 aromatic rings. The summed E-state index contributed by atoms with van der Waals surface area (Å²) in [5, 5.41) is 9.95. The number of unbranched alkanes of at least 4 members (excludes halogenated alkanes) is 1. The molecule has 3 atom stereocenters. The van der Waals surface area contributed by atoms with Crippen LogP contribution in [0.25, 0.3) is 0 Å². The van der Waals surface area contributed by atoms with Crippen LogP contribution in [0.5, 0.6) is 0 Å². The normalized spacial score (nSPS) is 26.9. The zero-order chi connectivity index (χ0) is 19.4. The highest BCUT2D eigenvalue weighted by atomic mass is 32.2. The van der Waals surface area contributed by atoms with E-state index >= 15 is 0 Å². The number of fused-ring (bicyclic) bond motifs is 1. The Balaban J connectivity index is 1.82. The summed E-state index contributed by atoms with van der Waals surface area (Å²) in [7, 11) is -3.21. The van der Waals surface area contributed by atoms with Crippen LogP contribution in [0.2, 0.25) is 0 Å². The smallest absolute Gasteiger partial charge is 0.211 e. The Morgan fingerprint density at radius 3 is 2.52 bits per heavy atom. The lowest BCUT2D eigenvalue weighted by molar-refractivity contribution is -0.0553. The molecule has 1 aromatic carbocycles.